The first kappa shape index (κ1) is 14.1. The van der Waals surface area contributed by atoms with Gasteiger partial charge in [0, 0.05) is 12.0 Å². The van der Waals surface area contributed by atoms with Gasteiger partial charge in [-0.3, -0.25) is 0 Å². The van der Waals surface area contributed by atoms with Gasteiger partial charge in [0.15, 0.2) is 11.5 Å². The fourth-order valence-corrected chi connectivity index (χ4v) is 2.11. The molecule has 0 heterocycles. The Morgan fingerprint density at radius 2 is 2.00 bits per heavy atom. The number of nitrogens with two attached hydrogens (primary N) is 1. The number of benzene rings is 1. The molecule has 0 saturated heterocycles. The Kier molecular flexibility index (Phi) is 5.55. The number of rotatable bonds is 6. The molecule has 0 atom stereocenters. The molecule has 2 N–H and O–H groups in total. The van der Waals surface area contributed by atoms with E-state index in [1.54, 1.807) is 14.2 Å². The van der Waals surface area contributed by atoms with Crippen LogP contribution < -0.4 is 15.4 Å². The first-order valence-electron chi connectivity index (χ1n) is 5.43. The maximum atomic E-state index is 6.33. The molecule has 0 unspecified atom stereocenters. The van der Waals surface area contributed by atoms with Crippen molar-refractivity contribution in [2.75, 3.05) is 20.8 Å². The molecule has 0 aromatic heterocycles. The van der Waals surface area contributed by atoms with Gasteiger partial charge < -0.3 is 14.3 Å². The number of halogens is 1. The first-order valence-corrected chi connectivity index (χ1v) is 5.81. The van der Waals surface area contributed by atoms with E-state index in [1.165, 1.54) is 0 Å². The smallest absolute Gasteiger partial charge is 0.165 e. The van der Waals surface area contributed by atoms with Crippen molar-refractivity contribution in [3.05, 3.63) is 22.2 Å². The molecule has 0 bridgehead atoms. The van der Waals surface area contributed by atoms with E-state index in [4.69, 9.17) is 27.0 Å². The summed E-state index contributed by atoms with van der Waals surface area (Å²) in [7, 11) is 3.20. The zero-order valence-corrected chi connectivity index (χ0v) is 11.1. The molecular formula is C12H18ClNO3. The number of hydrogen-bond acceptors (Lipinski definition) is 4. The van der Waals surface area contributed by atoms with Crippen LogP contribution in [0.1, 0.15) is 18.1 Å². The average Bonchev–Trinajstić information content (AvgIpc) is 2.36. The second-order valence-corrected chi connectivity index (χ2v) is 3.92. The number of aryl methyl sites for hydroxylation is 1. The number of methoxy groups -OCH3 is 2. The Bertz CT molecular complexity index is 383. The molecule has 0 spiro atoms. The van der Waals surface area contributed by atoms with Gasteiger partial charge in [-0.05, 0) is 18.1 Å². The molecule has 1 rings (SSSR count). The summed E-state index contributed by atoms with van der Waals surface area (Å²) in [6, 6.07) is 1.90. The summed E-state index contributed by atoms with van der Waals surface area (Å²) in [5.74, 6) is 6.37. The molecule has 4 nitrogen and oxygen atoms in total. The molecule has 0 aliphatic carbocycles. The standard InChI is InChI=1S/C12H18ClNO3/c1-4-8-7-10(15-2)12(16-3)9(11(8)13)5-6-17-14/h7H,4-6,14H2,1-3H3. The summed E-state index contributed by atoms with van der Waals surface area (Å²) in [6.45, 7) is 2.42. The molecule has 0 fully saturated rings. The topological polar surface area (TPSA) is 53.7 Å². The van der Waals surface area contributed by atoms with Crippen LogP contribution in [0.2, 0.25) is 5.02 Å². The van der Waals surface area contributed by atoms with E-state index < -0.39 is 0 Å². The van der Waals surface area contributed by atoms with E-state index in [1.807, 2.05) is 13.0 Å². The van der Waals surface area contributed by atoms with E-state index in [0.717, 1.165) is 17.5 Å². The highest BCUT2D eigenvalue weighted by atomic mass is 35.5. The van der Waals surface area contributed by atoms with E-state index in [0.29, 0.717) is 29.5 Å². The molecular weight excluding hydrogens is 242 g/mol. The lowest BCUT2D eigenvalue weighted by molar-refractivity contribution is 0.140. The Morgan fingerprint density at radius 1 is 1.29 bits per heavy atom. The van der Waals surface area contributed by atoms with Gasteiger partial charge >= 0.3 is 0 Å². The van der Waals surface area contributed by atoms with Crippen molar-refractivity contribution in [2.45, 2.75) is 19.8 Å². The minimum atomic E-state index is 0.381. The van der Waals surface area contributed by atoms with Crippen LogP contribution in [0.3, 0.4) is 0 Å². The van der Waals surface area contributed by atoms with Crippen LogP contribution in [0.4, 0.5) is 0 Å². The quantitative estimate of drug-likeness (QED) is 0.797. The highest BCUT2D eigenvalue weighted by Crippen LogP contribution is 2.39. The number of hydrogen-bond donors (Lipinski definition) is 1. The van der Waals surface area contributed by atoms with Gasteiger partial charge in [-0.1, -0.05) is 18.5 Å². The molecule has 96 valence electrons. The molecule has 1 aromatic rings. The summed E-state index contributed by atoms with van der Waals surface area (Å²) in [6.07, 6.45) is 1.42. The zero-order chi connectivity index (χ0) is 12.8. The molecule has 5 heteroatoms. The van der Waals surface area contributed by atoms with Crippen LogP contribution >= 0.6 is 11.6 Å². The van der Waals surface area contributed by atoms with Crippen molar-refractivity contribution in [1.29, 1.82) is 0 Å². The van der Waals surface area contributed by atoms with Gasteiger partial charge in [0.1, 0.15) is 0 Å². The third kappa shape index (κ3) is 3.03. The highest BCUT2D eigenvalue weighted by molar-refractivity contribution is 6.32. The van der Waals surface area contributed by atoms with Crippen LogP contribution in [-0.4, -0.2) is 20.8 Å². The SMILES string of the molecule is CCc1cc(OC)c(OC)c(CCON)c1Cl. The lowest BCUT2D eigenvalue weighted by atomic mass is 10.0. The fourth-order valence-electron chi connectivity index (χ4n) is 1.75. The summed E-state index contributed by atoms with van der Waals surface area (Å²) in [5.41, 5.74) is 1.90. The normalized spacial score (nSPS) is 10.4. The van der Waals surface area contributed by atoms with Gasteiger partial charge in [0.05, 0.1) is 25.8 Å². The fraction of sp³-hybridized carbons (Fsp3) is 0.500. The molecule has 17 heavy (non-hydrogen) atoms. The van der Waals surface area contributed by atoms with Gasteiger partial charge in [-0.2, -0.15) is 0 Å². The molecule has 0 aliphatic heterocycles. The van der Waals surface area contributed by atoms with Crippen molar-refractivity contribution in [3.8, 4) is 11.5 Å². The number of ether oxygens (including phenoxy) is 2. The molecule has 0 amide bonds. The van der Waals surface area contributed by atoms with Crippen molar-refractivity contribution in [3.63, 3.8) is 0 Å². The monoisotopic (exact) mass is 259 g/mol. The third-order valence-corrected chi connectivity index (χ3v) is 3.10. The second kappa shape index (κ2) is 6.69. The Morgan fingerprint density at radius 3 is 2.47 bits per heavy atom. The second-order valence-electron chi connectivity index (χ2n) is 3.54. The van der Waals surface area contributed by atoms with E-state index in [9.17, 15) is 0 Å². The van der Waals surface area contributed by atoms with Crippen LogP contribution in [0, 0.1) is 0 Å². The Balaban J connectivity index is 3.28. The van der Waals surface area contributed by atoms with Crippen molar-refractivity contribution in [2.24, 2.45) is 5.90 Å². The van der Waals surface area contributed by atoms with E-state index >= 15 is 0 Å². The minimum Gasteiger partial charge on any atom is -0.493 e. The van der Waals surface area contributed by atoms with Gasteiger partial charge in [0.25, 0.3) is 0 Å². The Hall–Kier alpha value is -0.970. The van der Waals surface area contributed by atoms with Crippen molar-refractivity contribution in [1.82, 2.24) is 0 Å². The van der Waals surface area contributed by atoms with Gasteiger partial charge in [0.2, 0.25) is 0 Å². The van der Waals surface area contributed by atoms with Crippen molar-refractivity contribution >= 4 is 11.6 Å². The molecule has 0 aliphatic rings. The molecule has 0 radical (unpaired) electrons. The summed E-state index contributed by atoms with van der Waals surface area (Å²) >= 11 is 6.33. The lowest BCUT2D eigenvalue weighted by Gasteiger charge is -2.16. The van der Waals surface area contributed by atoms with Gasteiger partial charge in [-0.15, -0.1) is 0 Å². The predicted octanol–water partition coefficient (Wildman–Crippen LogP) is 2.35. The minimum absolute atomic E-state index is 0.381. The van der Waals surface area contributed by atoms with E-state index in [2.05, 4.69) is 4.84 Å². The van der Waals surface area contributed by atoms with Crippen LogP contribution in [0.25, 0.3) is 0 Å². The maximum absolute atomic E-state index is 6.33. The maximum Gasteiger partial charge on any atom is 0.165 e. The lowest BCUT2D eigenvalue weighted by Crippen LogP contribution is -2.07. The largest absolute Gasteiger partial charge is 0.493 e. The highest BCUT2D eigenvalue weighted by Gasteiger charge is 2.17. The van der Waals surface area contributed by atoms with Gasteiger partial charge in [-0.25, -0.2) is 5.90 Å². The first-order chi connectivity index (χ1) is 8.19. The molecule has 0 saturated carbocycles. The molecule has 1 aromatic carbocycles. The van der Waals surface area contributed by atoms with Crippen LogP contribution in [-0.2, 0) is 17.7 Å². The third-order valence-electron chi connectivity index (χ3n) is 2.62. The summed E-state index contributed by atoms with van der Waals surface area (Å²) in [4.78, 5) is 4.59. The predicted molar refractivity (Wildman–Crippen MR) is 67.8 cm³/mol. The van der Waals surface area contributed by atoms with Crippen LogP contribution in [0.5, 0.6) is 11.5 Å². The average molecular weight is 260 g/mol. The van der Waals surface area contributed by atoms with E-state index in [-0.39, 0.29) is 0 Å². The van der Waals surface area contributed by atoms with Crippen LogP contribution in [0.15, 0.2) is 6.07 Å². The summed E-state index contributed by atoms with van der Waals surface area (Å²) in [5, 5.41) is 0.696. The zero-order valence-electron chi connectivity index (χ0n) is 10.4. The van der Waals surface area contributed by atoms with Crippen molar-refractivity contribution < 1.29 is 14.3 Å². The summed E-state index contributed by atoms with van der Waals surface area (Å²) < 4.78 is 10.6. The Labute approximate surface area is 107 Å².